The molecule has 0 spiro atoms. The monoisotopic (exact) mass is 804 g/mol. The number of nitrogens with zero attached hydrogens (tertiary/aromatic N) is 4. The first-order valence-corrected chi connectivity index (χ1v) is 21.0. The second-order valence-corrected chi connectivity index (χ2v) is 15.8. The molecule has 54 heavy (non-hydrogen) atoms. The fraction of sp³-hybridized carbons (Fsp3) is 0.273. The van der Waals surface area contributed by atoms with Crippen LogP contribution in [0.5, 0.6) is 11.5 Å². The van der Waals surface area contributed by atoms with Crippen molar-refractivity contribution < 1.29 is 19.4 Å². The second-order valence-electron chi connectivity index (χ2n) is 13.0. The van der Waals surface area contributed by atoms with Crippen LogP contribution in [0.2, 0.25) is 0 Å². The van der Waals surface area contributed by atoms with Gasteiger partial charge in [0.25, 0.3) is 0 Å². The van der Waals surface area contributed by atoms with Gasteiger partial charge in [0.15, 0.2) is 0 Å². The average molecular weight is 804 g/mol. The van der Waals surface area contributed by atoms with Gasteiger partial charge in [0, 0.05) is 0 Å². The van der Waals surface area contributed by atoms with Gasteiger partial charge in [-0.05, 0) is 12.8 Å². The van der Waals surface area contributed by atoms with Gasteiger partial charge in [-0.25, -0.2) is 0 Å². The van der Waals surface area contributed by atoms with Gasteiger partial charge in [-0.15, -0.1) is 0 Å². The quantitative estimate of drug-likeness (QED) is 0.0373. The number of anilines is 3. The summed E-state index contributed by atoms with van der Waals surface area (Å²) in [6.07, 6.45) is 10.7. The van der Waals surface area contributed by atoms with E-state index in [1.165, 1.54) is 49.0 Å². The zero-order valence-corrected chi connectivity index (χ0v) is 33.2. The standard InChI is InChI=1S/C44H44N4O4SSe/c1-3-5-7-9-27-51-37-20-16-35(17-21-37)48(36-18-22-38(23-19-36)52-28-10-8-6-4-2)34-14-11-31(12-15-34)40-25-26-41(54-40)39-24-13-32(29-33(30-45)44(49)50)42-43(39)47-53-46-42/h11-26,29H,3-10,27-28H2,1-2H3,(H,49,50)/b33-29+. The van der Waals surface area contributed by atoms with Crippen molar-refractivity contribution >= 4 is 66.4 Å². The van der Waals surface area contributed by atoms with Crippen molar-refractivity contribution in [2.75, 3.05) is 18.1 Å². The second kappa shape index (κ2) is 19.2. The third-order valence-corrected chi connectivity index (χ3v) is 12.1. The fourth-order valence-electron chi connectivity index (χ4n) is 6.18. The molecule has 2 heterocycles. The fourth-order valence-corrected chi connectivity index (χ4v) is 8.94. The predicted octanol–water partition coefficient (Wildman–Crippen LogP) is 11.5. The topological polar surface area (TPSA) is 109 Å². The van der Waals surface area contributed by atoms with Crippen molar-refractivity contribution in [3.63, 3.8) is 0 Å². The molecule has 0 aliphatic rings. The summed E-state index contributed by atoms with van der Waals surface area (Å²) in [7, 11) is 0. The molecular weight excluding hydrogens is 760 g/mol. The summed E-state index contributed by atoms with van der Waals surface area (Å²) in [6.45, 7) is 5.88. The molecule has 0 bridgehead atoms. The summed E-state index contributed by atoms with van der Waals surface area (Å²) in [5, 5.41) is 18.6. The molecule has 1 N–H and O–H groups in total. The molecular formula is C44H44N4O4SSe. The van der Waals surface area contributed by atoms with Crippen molar-refractivity contribution in [3.8, 4) is 37.6 Å². The molecule has 6 aromatic rings. The Bertz CT molecular complexity index is 2150. The van der Waals surface area contributed by atoms with E-state index in [0.29, 0.717) is 16.6 Å². The molecule has 0 saturated heterocycles. The minimum atomic E-state index is -1.27. The van der Waals surface area contributed by atoms with Crippen LogP contribution in [0.1, 0.15) is 70.8 Å². The number of aromatic nitrogens is 2. The van der Waals surface area contributed by atoms with Gasteiger partial charge in [0.05, 0.1) is 0 Å². The van der Waals surface area contributed by atoms with Gasteiger partial charge < -0.3 is 0 Å². The number of hydrogen-bond donors (Lipinski definition) is 1. The van der Waals surface area contributed by atoms with E-state index in [1.807, 2.05) is 12.1 Å². The molecule has 0 atom stereocenters. The minimum absolute atomic E-state index is 0.00667. The number of carbonyl (C=O) groups is 1. The average Bonchev–Trinajstić information content (AvgIpc) is 3.90. The van der Waals surface area contributed by atoms with Gasteiger partial charge in [-0.2, -0.15) is 0 Å². The zero-order chi connectivity index (χ0) is 37.7. The van der Waals surface area contributed by atoms with Gasteiger partial charge in [0.2, 0.25) is 0 Å². The molecule has 6 rings (SSSR count). The van der Waals surface area contributed by atoms with Gasteiger partial charge >= 0.3 is 264 Å². The molecule has 8 nitrogen and oxygen atoms in total. The van der Waals surface area contributed by atoms with E-state index in [1.54, 1.807) is 6.07 Å². The summed E-state index contributed by atoms with van der Waals surface area (Å²) in [5.74, 6) is 0.481. The molecule has 0 aliphatic heterocycles. The Morgan fingerprint density at radius 3 is 1.80 bits per heavy atom. The van der Waals surface area contributed by atoms with E-state index in [2.05, 4.69) is 112 Å². The Hall–Kier alpha value is -5.20. The van der Waals surface area contributed by atoms with Crippen LogP contribution >= 0.6 is 11.7 Å². The molecule has 0 radical (unpaired) electrons. The molecule has 276 valence electrons. The van der Waals surface area contributed by atoms with E-state index in [0.717, 1.165) is 81.9 Å². The number of aliphatic carboxylic acids is 1. The van der Waals surface area contributed by atoms with Crippen molar-refractivity contribution in [2.45, 2.75) is 65.2 Å². The van der Waals surface area contributed by atoms with Crippen LogP contribution in [0.4, 0.5) is 17.1 Å². The first-order valence-electron chi connectivity index (χ1n) is 18.6. The Balaban J connectivity index is 1.24. The Morgan fingerprint density at radius 2 is 1.26 bits per heavy atom. The van der Waals surface area contributed by atoms with Crippen LogP contribution in [-0.2, 0) is 4.79 Å². The zero-order valence-electron chi connectivity index (χ0n) is 30.7. The number of fused-ring (bicyclic) bond motifs is 1. The number of unbranched alkanes of at least 4 members (excludes halogenated alkanes) is 6. The SMILES string of the molecule is CCCCCCOc1ccc(N(c2ccc(OCCCCCC)cc2)c2ccc(-c3ccc(-c4ccc(/C=C(\C#N)C(=O)O)c5nsnc45)[se]3)cc2)cc1. The number of carboxylic acids is 1. The van der Waals surface area contributed by atoms with E-state index in [9.17, 15) is 15.2 Å². The van der Waals surface area contributed by atoms with Crippen LogP contribution in [0.25, 0.3) is 37.1 Å². The first kappa shape index (κ1) is 38.5. The molecule has 0 amide bonds. The summed E-state index contributed by atoms with van der Waals surface area (Å²) < 4.78 is 23.5. The predicted molar refractivity (Wildman–Crippen MR) is 220 cm³/mol. The first-order chi connectivity index (χ1) is 26.5. The van der Waals surface area contributed by atoms with Gasteiger partial charge in [-0.3, -0.25) is 0 Å². The summed E-state index contributed by atoms with van der Waals surface area (Å²) >= 11 is 1.08. The van der Waals surface area contributed by atoms with E-state index in [4.69, 9.17) is 9.47 Å². The molecule has 0 unspecified atom stereocenters. The molecule has 4 aromatic carbocycles. The van der Waals surface area contributed by atoms with Crippen LogP contribution < -0.4 is 14.4 Å². The number of hydrogen-bond acceptors (Lipinski definition) is 8. The molecule has 2 aromatic heterocycles. The van der Waals surface area contributed by atoms with Crippen molar-refractivity contribution in [3.05, 3.63) is 108 Å². The Kier molecular flexibility index (Phi) is 13.7. The number of nitriles is 1. The number of benzene rings is 4. The summed E-state index contributed by atoms with van der Waals surface area (Å²) in [6, 6.07) is 35.2. The van der Waals surface area contributed by atoms with E-state index in [-0.39, 0.29) is 20.1 Å². The number of carboxylic acid groups (broad SMARTS) is 1. The third kappa shape index (κ3) is 9.66. The normalized spacial score (nSPS) is 11.4. The Labute approximate surface area is 327 Å². The van der Waals surface area contributed by atoms with Crippen molar-refractivity contribution in [1.29, 1.82) is 5.26 Å². The van der Waals surface area contributed by atoms with Crippen molar-refractivity contribution in [2.24, 2.45) is 0 Å². The summed E-state index contributed by atoms with van der Waals surface area (Å²) in [4.78, 5) is 13.7. The molecule has 10 heteroatoms. The van der Waals surface area contributed by atoms with E-state index >= 15 is 0 Å². The third-order valence-electron chi connectivity index (χ3n) is 9.10. The van der Waals surface area contributed by atoms with Gasteiger partial charge in [0.1, 0.15) is 0 Å². The molecule has 0 fully saturated rings. The number of ether oxygens (including phenoxy) is 2. The van der Waals surface area contributed by atoms with Crippen LogP contribution in [0.3, 0.4) is 0 Å². The van der Waals surface area contributed by atoms with E-state index < -0.39 is 5.97 Å². The maximum atomic E-state index is 11.4. The van der Waals surface area contributed by atoms with Gasteiger partial charge in [-0.1, -0.05) is 52.4 Å². The maximum absolute atomic E-state index is 11.4. The molecule has 0 saturated carbocycles. The van der Waals surface area contributed by atoms with Crippen LogP contribution in [-0.4, -0.2) is 47.5 Å². The van der Waals surface area contributed by atoms with Crippen molar-refractivity contribution in [1.82, 2.24) is 8.75 Å². The van der Waals surface area contributed by atoms with Crippen LogP contribution in [0.15, 0.2) is 103 Å². The summed E-state index contributed by atoms with van der Waals surface area (Å²) in [5.41, 5.74) is 6.76. The van der Waals surface area contributed by atoms with Crippen LogP contribution in [0, 0.1) is 11.3 Å². The number of rotatable bonds is 19. The Morgan fingerprint density at radius 1 is 0.722 bits per heavy atom. The molecule has 0 aliphatic carbocycles.